The molecule has 2 N–H and O–H groups in total. The normalized spacial score (nSPS) is 20.6. The lowest BCUT2D eigenvalue weighted by atomic mass is 10.1. The van der Waals surface area contributed by atoms with Crippen LogP contribution in [0.25, 0.3) is 0 Å². The highest BCUT2D eigenvalue weighted by atomic mass is 16.5. The molecule has 0 spiro atoms. The Bertz CT molecular complexity index is 629. The van der Waals surface area contributed by atoms with Crippen molar-refractivity contribution in [3.63, 3.8) is 0 Å². The average Bonchev–Trinajstić information content (AvgIpc) is 3.06. The lowest BCUT2D eigenvalue weighted by Crippen LogP contribution is -2.44. The Morgan fingerprint density at radius 2 is 1.93 bits per heavy atom. The van der Waals surface area contributed by atoms with Crippen LogP contribution in [0.4, 0.5) is 10.5 Å². The first-order chi connectivity index (χ1) is 13.2. The third-order valence-electron chi connectivity index (χ3n) is 5.23. The Hall–Kier alpha value is -2.28. The number of amides is 3. The van der Waals surface area contributed by atoms with Crippen molar-refractivity contribution in [1.29, 1.82) is 0 Å². The molecule has 27 heavy (non-hydrogen) atoms. The van der Waals surface area contributed by atoms with E-state index in [1.165, 1.54) is 32.4 Å². The minimum atomic E-state index is -0.192. The summed E-state index contributed by atoms with van der Waals surface area (Å²) in [6.07, 6.45) is 5.19. The number of urea groups is 1. The Labute approximate surface area is 161 Å². The van der Waals surface area contributed by atoms with Crippen molar-refractivity contribution in [3.8, 4) is 5.75 Å². The third kappa shape index (κ3) is 5.60. The molecule has 2 heterocycles. The van der Waals surface area contributed by atoms with Gasteiger partial charge in [0.25, 0.3) is 0 Å². The van der Waals surface area contributed by atoms with E-state index < -0.39 is 0 Å². The number of ether oxygens (including phenoxy) is 1. The number of nitrogens with one attached hydrogen (secondary N) is 2. The van der Waals surface area contributed by atoms with Crippen LogP contribution in [0.1, 0.15) is 32.1 Å². The smallest absolute Gasteiger partial charge is 0.315 e. The zero-order valence-corrected chi connectivity index (χ0v) is 16.1. The maximum Gasteiger partial charge on any atom is 0.315 e. The monoisotopic (exact) mass is 374 g/mol. The van der Waals surface area contributed by atoms with E-state index in [-0.39, 0.29) is 18.0 Å². The SMILES string of the molecule is COc1ccc(N2C[C@@H](NC(=O)NCCCN3CCCCC3)CC2=O)cc1. The van der Waals surface area contributed by atoms with Gasteiger partial charge in [0.2, 0.25) is 5.91 Å². The number of piperidine rings is 1. The van der Waals surface area contributed by atoms with Crippen LogP contribution in [0, 0.1) is 0 Å². The fourth-order valence-corrected chi connectivity index (χ4v) is 3.74. The minimum absolute atomic E-state index is 0.0237. The molecule has 2 saturated heterocycles. The second-order valence-corrected chi connectivity index (χ2v) is 7.26. The van der Waals surface area contributed by atoms with Crippen LogP contribution < -0.4 is 20.3 Å². The van der Waals surface area contributed by atoms with Crippen molar-refractivity contribution in [2.24, 2.45) is 0 Å². The first-order valence-electron chi connectivity index (χ1n) is 9.87. The molecule has 0 bridgehead atoms. The number of rotatable bonds is 7. The van der Waals surface area contributed by atoms with Crippen LogP contribution in [0.5, 0.6) is 5.75 Å². The van der Waals surface area contributed by atoms with E-state index in [1.54, 1.807) is 12.0 Å². The molecule has 0 radical (unpaired) electrons. The summed E-state index contributed by atoms with van der Waals surface area (Å²) in [4.78, 5) is 28.5. The highest BCUT2D eigenvalue weighted by molar-refractivity contribution is 5.96. The number of carbonyl (C=O) groups is 2. The van der Waals surface area contributed by atoms with E-state index in [1.807, 2.05) is 24.3 Å². The van der Waals surface area contributed by atoms with E-state index in [4.69, 9.17) is 4.74 Å². The van der Waals surface area contributed by atoms with E-state index in [0.29, 0.717) is 19.5 Å². The predicted octanol–water partition coefficient (Wildman–Crippen LogP) is 1.98. The van der Waals surface area contributed by atoms with Crippen LogP contribution in [-0.2, 0) is 4.79 Å². The largest absolute Gasteiger partial charge is 0.497 e. The quantitative estimate of drug-likeness (QED) is 0.716. The van der Waals surface area contributed by atoms with E-state index in [9.17, 15) is 9.59 Å². The lowest BCUT2D eigenvalue weighted by Gasteiger charge is -2.26. The van der Waals surface area contributed by atoms with Gasteiger partial charge in [0, 0.05) is 25.2 Å². The number of anilines is 1. The first kappa shape index (κ1) is 19.5. The molecule has 0 saturated carbocycles. The highest BCUT2D eigenvalue weighted by Gasteiger charge is 2.31. The molecular weight excluding hydrogens is 344 g/mol. The summed E-state index contributed by atoms with van der Waals surface area (Å²) in [7, 11) is 1.61. The van der Waals surface area contributed by atoms with Crippen LogP contribution in [0.2, 0.25) is 0 Å². The van der Waals surface area contributed by atoms with E-state index >= 15 is 0 Å². The van der Waals surface area contributed by atoms with Gasteiger partial charge in [-0.3, -0.25) is 4.79 Å². The number of benzene rings is 1. The zero-order valence-electron chi connectivity index (χ0n) is 16.1. The molecule has 2 aliphatic rings. The van der Waals surface area contributed by atoms with Gasteiger partial charge in [-0.15, -0.1) is 0 Å². The minimum Gasteiger partial charge on any atom is -0.497 e. The molecule has 0 aromatic heterocycles. The molecule has 2 fully saturated rings. The van der Waals surface area contributed by atoms with Gasteiger partial charge in [-0.2, -0.15) is 0 Å². The number of hydrogen-bond acceptors (Lipinski definition) is 4. The summed E-state index contributed by atoms with van der Waals surface area (Å²) >= 11 is 0. The Morgan fingerprint density at radius 3 is 2.63 bits per heavy atom. The van der Waals surface area contributed by atoms with Crippen molar-refractivity contribution < 1.29 is 14.3 Å². The third-order valence-corrected chi connectivity index (χ3v) is 5.23. The van der Waals surface area contributed by atoms with Crippen molar-refractivity contribution in [3.05, 3.63) is 24.3 Å². The van der Waals surface area contributed by atoms with Gasteiger partial charge in [0.15, 0.2) is 0 Å². The topological polar surface area (TPSA) is 73.9 Å². The van der Waals surface area contributed by atoms with Gasteiger partial charge in [0.05, 0.1) is 13.2 Å². The number of hydrogen-bond donors (Lipinski definition) is 2. The van der Waals surface area contributed by atoms with Gasteiger partial charge in [-0.05, 0) is 63.2 Å². The van der Waals surface area contributed by atoms with Crippen molar-refractivity contribution >= 4 is 17.6 Å². The van der Waals surface area contributed by atoms with E-state index in [0.717, 1.165) is 24.4 Å². The standard InChI is InChI=1S/C20H30N4O3/c1-27-18-8-6-17(7-9-18)24-15-16(14-19(24)25)22-20(26)21-10-5-13-23-11-3-2-4-12-23/h6-9,16H,2-5,10-15H2,1H3,(H2,21,22,26)/t16-/m0/s1. The lowest BCUT2D eigenvalue weighted by molar-refractivity contribution is -0.117. The predicted molar refractivity (Wildman–Crippen MR) is 105 cm³/mol. The maximum atomic E-state index is 12.3. The Morgan fingerprint density at radius 1 is 1.19 bits per heavy atom. The second kappa shape index (κ2) is 9.60. The molecule has 1 aromatic carbocycles. The van der Waals surface area contributed by atoms with Gasteiger partial charge in [-0.25, -0.2) is 4.79 Å². The fourth-order valence-electron chi connectivity index (χ4n) is 3.74. The molecule has 1 atom stereocenters. The summed E-state index contributed by atoms with van der Waals surface area (Å²) in [5, 5.41) is 5.83. The molecular formula is C20H30N4O3. The van der Waals surface area contributed by atoms with Gasteiger partial charge < -0.3 is 25.2 Å². The number of likely N-dealkylation sites (tertiary alicyclic amines) is 1. The van der Waals surface area contributed by atoms with Gasteiger partial charge in [-0.1, -0.05) is 6.42 Å². The molecule has 2 aliphatic heterocycles. The number of carbonyl (C=O) groups excluding carboxylic acids is 2. The zero-order chi connectivity index (χ0) is 19.1. The molecule has 1 aromatic rings. The first-order valence-corrected chi connectivity index (χ1v) is 9.87. The number of nitrogens with zero attached hydrogens (tertiary/aromatic N) is 2. The fraction of sp³-hybridized carbons (Fsp3) is 0.600. The Balaban J connectivity index is 1.37. The summed E-state index contributed by atoms with van der Waals surface area (Å²) in [5.74, 6) is 0.777. The molecule has 3 amide bonds. The van der Waals surface area contributed by atoms with Crippen LogP contribution in [0.15, 0.2) is 24.3 Å². The van der Waals surface area contributed by atoms with E-state index in [2.05, 4.69) is 15.5 Å². The van der Waals surface area contributed by atoms with Crippen LogP contribution >= 0.6 is 0 Å². The maximum absolute atomic E-state index is 12.3. The van der Waals surface area contributed by atoms with Crippen LogP contribution in [0.3, 0.4) is 0 Å². The molecule has 7 heteroatoms. The Kier molecular flexibility index (Phi) is 6.92. The summed E-state index contributed by atoms with van der Waals surface area (Å²) in [6.45, 7) is 4.54. The van der Waals surface area contributed by atoms with Crippen molar-refractivity contribution in [2.75, 3.05) is 44.7 Å². The molecule has 7 nitrogen and oxygen atoms in total. The van der Waals surface area contributed by atoms with Crippen LogP contribution in [-0.4, -0.2) is 62.7 Å². The highest BCUT2D eigenvalue weighted by Crippen LogP contribution is 2.24. The van der Waals surface area contributed by atoms with Crippen molar-refractivity contribution in [2.45, 2.75) is 38.1 Å². The molecule has 0 aliphatic carbocycles. The summed E-state index contributed by atoms with van der Waals surface area (Å²) in [5.41, 5.74) is 0.826. The molecule has 3 rings (SSSR count). The van der Waals surface area contributed by atoms with Crippen molar-refractivity contribution in [1.82, 2.24) is 15.5 Å². The summed E-state index contributed by atoms with van der Waals surface area (Å²) in [6, 6.07) is 7.03. The molecule has 148 valence electrons. The molecule has 0 unspecified atom stereocenters. The summed E-state index contributed by atoms with van der Waals surface area (Å²) < 4.78 is 5.15. The average molecular weight is 374 g/mol. The van der Waals surface area contributed by atoms with Gasteiger partial charge in [0.1, 0.15) is 5.75 Å². The van der Waals surface area contributed by atoms with Gasteiger partial charge >= 0.3 is 6.03 Å². The number of methoxy groups -OCH3 is 1. The second-order valence-electron chi connectivity index (χ2n) is 7.26.